The third-order valence-electron chi connectivity index (χ3n) is 3.09. The molecule has 1 fully saturated rings. The molecule has 1 unspecified atom stereocenters. The van der Waals surface area contributed by atoms with Gasteiger partial charge in [-0.3, -0.25) is 9.78 Å². The third-order valence-corrected chi connectivity index (χ3v) is 3.61. The summed E-state index contributed by atoms with van der Waals surface area (Å²) in [7, 11) is 0. The number of likely N-dealkylation sites (tertiary alicyclic amines) is 1. The van der Waals surface area contributed by atoms with E-state index in [1.807, 2.05) is 4.90 Å². The second-order valence-electron chi connectivity index (χ2n) is 4.24. The maximum absolute atomic E-state index is 12.2. The van der Waals surface area contributed by atoms with Gasteiger partial charge in [0.15, 0.2) is 0 Å². The lowest BCUT2D eigenvalue weighted by Gasteiger charge is -2.16. The van der Waals surface area contributed by atoms with Gasteiger partial charge in [0, 0.05) is 31.4 Å². The summed E-state index contributed by atoms with van der Waals surface area (Å²) in [5.74, 6) is 1.18. The molecule has 1 aliphatic rings. The molecule has 2 rings (SSSR count). The van der Waals surface area contributed by atoms with Gasteiger partial charge in [0.2, 0.25) is 0 Å². The Bertz CT molecular complexity index is 411. The minimum Gasteiger partial charge on any atom is -0.338 e. The summed E-state index contributed by atoms with van der Waals surface area (Å²) >= 11 is 11.7. The minimum absolute atomic E-state index is 0.00512. The number of hydrogen-bond acceptors (Lipinski definition) is 2. The Kier molecular flexibility index (Phi) is 4.24. The normalized spacial score (nSPS) is 19.6. The van der Waals surface area contributed by atoms with E-state index in [-0.39, 0.29) is 5.91 Å². The van der Waals surface area contributed by atoms with E-state index in [4.69, 9.17) is 23.2 Å². The van der Waals surface area contributed by atoms with Crippen molar-refractivity contribution in [1.82, 2.24) is 9.88 Å². The molecular weight excluding hydrogens is 259 g/mol. The Labute approximate surface area is 111 Å². The van der Waals surface area contributed by atoms with Crippen LogP contribution in [0, 0.1) is 5.92 Å². The Morgan fingerprint density at radius 2 is 2.41 bits per heavy atom. The Balaban J connectivity index is 2.05. The van der Waals surface area contributed by atoms with Crippen LogP contribution in [0.4, 0.5) is 0 Å². The first-order chi connectivity index (χ1) is 8.22. The lowest BCUT2D eigenvalue weighted by molar-refractivity contribution is 0.0787. The molecule has 0 aromatic carbocycles. The third kappa shape index (κ3) is 2.90. The molecule has 17 heavy (non-hydrogen) atoms. The molecule has 2 heterocycles. The average Bonchev–Trinajstić information content (AvgIpc) is 2.78. The molecule has 0 saturated carbocycles. The lowest BCUT2D eigenvalue weighted by atomic mass is 10.1. The van der Waals surface area contributed by atoms with Gasteiger partial charge in [0.1, 0.15) is 0 Å². The van der Waals surface area contributed by atoms with Gasteiger partial charge in [-0.25, -0.2) is 0 Å². The summed E-state index contributed by atoms with van der Waals surface area (Å²) in [6.07, 6.45) is 5.09. The van der Waals surface area contributed by atoms with Crippen LogP contribution >= 0.6 is 23.2 Å². The molecule has 3 nitrogen and oxygen atoms in total. The number of aromatic nitrogens is 1. The van der Waals surface area contributed by atoms with Crippen molar-refractivity contribution in [3.63, 3.8) is 0 Å². The highest BCUT2D eigenvalue weighted by molar-refractivity contribution is 6.33. The van der Waals surface area contributed by atoms with E-state index in [0.717, 1.165) is 25.9 Å². The maximum Gasteiger partial charge on any atom is 0.255 e. The van der Waals surface area contributed by atoms with Crippen molar-refractivity contribution in [2.45, 2.75) is 12.8 Å². The molecule has 0 N–H and O–H groups in total. The fourth-order valence-electron chi connectivity index (χ4n) is 2.13. The smallest absolute Gasteiger partial charge is 0.255 e. The fraction of sp³-hybridized carbons (Fsp3) is 0.500. The predicted molar refractivity (Wildman–Crippen MR) is 68.6 cm³/mol. The van der Waals surface area contributed by atoms with Crippen LogP contribution in [0.1, 0.15) is 23.2 Å². The van der Waals surface area contributed by atoms with E-state index in [0.29, 0.717) is 22.4 Å². The number of halogens is 2. The van der Waals surface area contributed by atoms with Gasteiger partial charge in [-0.05, 0) is 24.8 Å². The van der Waals surface area contributed by atoms with Crippen LogP contribution in [-0.2, 0) is 0 Å². The van der Waals surface area contributed by atoms with Gasteiger partial charge in [-0.2, -0.15) is 0 Å². The summed E-state index contributed by atoms with van der Waals surface area (Å²) in [5, 5.41) is 0.415. The van der Waals surface area contributed by atoms with Gasteiger partial charge in [0.05, 0.1) is 10.6 Å². The first-order valence-corrected chi connectivity index (χ1v) is 6.58. The topological polar surface area (TPSA) is 33.2 Å². The van der Waals surface area contributed by atoms with E-state index in [1.165, 1.54) is 6.20 Å². The Morgan fingerprint density at radius 1 is 1.59 bits per heavy atom. The lowest BCUT2D eigenvalue weighted by Crippen LogP contribution is -2.29. The van der Waals surface area contributed by atoms with E-state index in [1.54, 1.807) is 12.3 Å². The first-order valence-electron chi connectivity index (χ1n) is 5.67. The Hall–Kier alpha value is -0.800. The van der Waals surface area contributed by atoms with Crippen LogP contribution in [0.5, 0.6) is 0 Å². The zero-order valence-electron chi connectivity index (χ0n) is 9.40. The van der Waals surface area contributed by atoms with E-state index in [9.17, 15) is 4.79 Å². The zero-order valence-corrected chi connectivity index (χ0v) is 10.9. The number of amides is 1. The maximum atomic E-state index is 12.2. The van der Waals surface area contributed by atoms with Crippen molar-refractivity contribution >= 4 is 29.1 Å². The molecule has 1 atom stereocenters. The molecule has 1 aromatic heterocycles. The van der Waals surface area contributed by atoms with E-state index >= 15 is 0 Å². The zero-order chi connectivity index (χ0) is 12.3. The van der Waals surface area contributed by atoms with Gasteiger partial charge in [0.25, 0.3) is 5.91 Å². The molecular formula is C12H14Cl2N2O. The van der Waals surface area contributed by atoms with Crippen molar-refractivity contribution in [1.29, 1.82) is 0 Å². The van der Waals surface area contributed by atoms with Crippen LogP contribution < -0.4 is 0 Å². The highest BCUT2D eigenvalue weighted by Crippen LogP contribution is 2.23. The second-order valence-corrected chi connectivity index (χ2v) is 5.02. The highest BCUT2D eigenvalue weighted by Gasteiger charge is 2.27. The second kappa shape index (κ2) is 5.69. The predicted octanol–water partition coefficient (Wildman–Crippen LogP) is 2.83. The molecule has 0 aliphatic carbocycles. The van der Waals surface area contributed by atoms with Crippen LogP contribution in [-0.4, -0.2) is 34.8 Å². The van der Waals surface area contributed by atoms with Crippen molar-refractivity contribution in [3.8, 4) is 0 Å². The Morgan fingerprint density at radius 3 is 3.12 bits per heavy atom. The van der Waals surface area contributed by atoms with Crippen molar-refractivity contribution in [3.05, 3.63) is 29.0 Å². The molecule has 1 amide bonds. The van der Waals surface area contributed by atoms with Gasteiger partial charge >= 0.3 is 0 Å². The molecule has 1 saturated heterocycles. The largest absolute Gasteiger partial charge is 0.338 e. The van der Waals surface area contributed by atoms with Gasteiger partial charge < -0.3 is 4.90 Å². The standard InChI is InChI=1S/C12H14Cl2N2O/c13-4-1-9-3-6-16(8-9)12(17)10-2-5-15-7-11(10)14/h2,5,7,9H,1,3-4,6,8H2. The molecule has 0 spiro atoms. The molecule has 5 heteroatoms. The number of carbonyl (C=O) groups is 1. The van der Waals surface area contributed by atoms with Crippen LogP contribution in [0.15, 0.2) is 18.5 Å². The number of nitrogens with zero attached hydrogens (tertiary/aromatic N) is 2. The van der Waals surface area contributed by atoms with Crippen LogP contribution in [0.25, 0.3) is 0 Å². The first kappa shape index (κ1) is 12.7. The molecule has 92 valence electrons. The summed E-state index contributed by atoms with van der Waals surface area (Å²) in [4.78, 5) is 17.9. The van der Waals surface area contributed by atoms with Crippen molar-refractivity contribution < 1.29 is 4.79 Å². The molecule has 1 aromatic rings. The van der Waals surface area contributed by atoms with Crippen molar-refractivity contribution in [2.75, 3.05) is 19.0 Å². The van der Waals surface area contributed by atoms with Gasteiger partial charge in [-0.1, -0.05) is 11.6 Å². The fourth-order valence-corrected chi connectivity index (χ4v) is 2.63. The summed E-state index contributed by atoms with van der Waals surface area (Å²) in [6.45, 7) is 1.57. The van der Waals surface area contributed by atoms with Gasteiger partial charge in [-0.15, -0.1) is 11.6 Å². The highest BCUT2D eigenvalue weighted by atomic mass is 35.5. The summed E-state index contributed by atoms with van der Waals surface area (Å²) in [5.41, 5.74) is 0.535. The molecule has 0 bridgehead atoms. The van der Waals surface area contributed by atoms with E-state index < -0.39 is 0 Å². The quantitative estimate of drug-likeness (QED) is 0.793. The summed E-state index contributed by atoms with van der Waals surface area (Å²) in [6, 6.07) is 1.67. The number of carbonyl (C=O) groups excluding carboxylic acids is 1. The molecule has 0 radical (unpaired) electrons. The SMILES string of the molecule is O=C(c1ccncc1Cl)N1CCC(CCCl)C1. The summed E-state index contributed by atoms with van der Waals surface area (Å²) < 4.78 is 0. The molecule has 1 aliphatic heterocycles. The van der Waals surface area contributed by atoms with Crippen LogP contribution in [0.2, 0.25) is 5.02 Å². The number of hydrogen-bond donors (Lipinski definition) is 0. The van der Waals surface area contributed by atoms with E-state index in [2.05, 4.69) is 4.98 Å². The van der Waals surface area contributed by atoms with Crippen LogP contribution in [0.3, 0.4) is 0 Å². The number of alkyl halides is 1. The van der Waals surface area contributed by atoms with Crippen molar-refractivity contribution in [2.24, 2.45) is 5.92 Å². The number of pyridine rings is 1. The number of rotatable bonds is 3. The average molecular weight is 273 g/mol. The monoisotopic (exact) mass is 272 g/mol. The minimum atomic E-state index is -0.00512.